The molecule has 0 aromatic heterocycles. The van der Waals surface area contributed by atoms with Crippen molar-refractivity contribution in [1.29, 1.82) is 0 Å². The minimum Gasteiger partial charge on any atom is -0.481 e. The number of carbonyl (C=O) groups excluding carboxylic acids is 2. The minimum atomic E-state index is -0.887. The topological polar surface area (TPSA) is 105 Å². The van der Waals surface area contributed by atoms with Gasteiger partial charge in [-0.05, 0) is 35.1 Å². The van der Waals surface area contributed by atoms with Gasteiger partial charge in [-0.2, -0.15) is 0 Å². The summed E-state index contributed by atoms with van der Waals surface area (Å²) in [6, 6.07) is 16.3. The number of carboxylic acid groups (broad SMARTS) is 1. The molecule has 2 fully saturated rings. The monoisotopic (exact) mass is 464 g/mol. The van der Waals surface area contributed by atoms with E-state index in [0.29, 0.717) is 26.1 Å². The van der Waals surface area contributed by atoms with E-state index in [-0.39, 0.29) is 38.1 Å². The van der Waals surface area contributed by atoms with Gasteiger partial charge in [0, 0.05) is 38.8 Å². The number of hydrogen-bond donors (Lipinski definition) is 2. The molecule has 34 heavy (non-hydrogen) atoms. The van der Waals surface area contributed by atoms with E-state index in [1.165, 1.54) is 0 Å². The molecule has 8 heteroatoms. The van der Waals surface area contributed by atoms with Crippen LogP contribution in [0.25, 0.3) is 11.1 Å². The van der Waals surface area contributed by atoms with Gasteiger partial charge in [0.1, 0.15) is 6.61 Å². The first kappa shape index (κ1) is 22.4. The van der Waals surface area contributed by atoms with Crippen LogP contribution in [0.1, 0.15) is 29.9 Å². The average molecular weight is 465 g/mol. The van der Waals surface area contributed by atoms with Crippen molar-refractivity contribution in [2.24, 2.45) is 11.3 Å². The Bertz CT molecular complexity index is 1060. The number of fused-ring (bicyclic) bond motifs is 3. The van der Waals surface area contributed by atoms with E-state index >= 15 is 0 Å². The van der Waals surface area contributed by atoms with Crippen LogP contribution in [0.5, 0.6) is 0 Å². The number of hydrogen-bond acceptors (Lipinski definition) is 5. The number of ether oxygens (including phenoxy) is 2. The molecule has 2 N–H and O–H groups in total. The number of carboxylic acids is 1. The Labute approximate surface area is 197 Å². The zero-order valence-corrected chi connectivity index (χ0v) is 18.9. The lowest BCUT2D eigenvalue weighted by molar-refractivity contribution is -0.161. The molecule has 0 spiro atoms. The highest BCUT2D eigenvalue weighted by Gasteiger charge is 2.47. The van der Waals surface area contributed by atoms with Crippen LogP contribution in [-0.2, 0) is 19.1 Å². The van der Waals surface area contributed by atoms with Crippen LogP contribution in [0.4, 0.5) is 4.79 Å². The van der Waals surface area contributed by atoms with Gasteiger partial charge in [0.15, 0.2) is 0 Å². The maximum atomic E-state index is 13.2. The number of nitrogens with one attached hydrogen (secondary N) is 1. The van der Waals surface area contributed by atoms with Gasteiger partial charge >= 0.3 is 12.1 Å². The van der Waals surface area contributed by atoms with Gasteiger partial charge in [-0.25, -0.2) is 4.79 Å². The summed E-state index contributed by atoms with van der Waals surface area (Å²) in [7, 11) is 0. The van der Waals surface area contributed by atoms with Crippen molar-refractivity contribution in [2.75, 3.05) is 39.5 Å². The van der Waals surface area contributed by atoms with Crippen LogP contribution < -0.4 is 5.32 Å². The summed E-state index contributed by atoms with van der Waals surface area (Å²) in [5.41, 5.74) is 3.80. The highest BCUT2D eigenvalue weighted by atomic mass is 16.5. The average Bonchev–Trinajstić information content (AvgIpc) is 3.14. The van der Waals surface area contributed by atoms with Gasteiger partial charge in [0.05, 0.1) is 11.3 Å². The molecule has 1 aliphatic carbocycles. The second kappa shape index (κ2) is 9.10. The zero-order valence-electron chi connectivity index (χ0n) is 18.9. The number of benzene rings is 2. The van der Waals surface area contributed by atoms with Crippen LogP contribution >= 0.6 is 0 Å². The summed E-state index contributed by atoms with van der Waals surface area (Å²) < 4.78 is 11.1. The summed E-state index contributed by atoms with van der Waals surface area (Å²) >= 11 is 0. The number of carbonyl (C=O) groups is 3. The smallest absolute Gasteiger partial charge is 0.407 e. The van der Waals surface area contributed by atoms with Crippen LogP contribution in [0, 0.1) is 11.3 Å². The summed E-state index contributed by atoms with van der Waals surface area (Å²) in [4.78, 5) is 38.6. The lowest BCUT2D eigenvalue weighted by Crippen LogP contribution is -2.60. The minimum absolute atomic E-state index is 0.0362. The van der Waals surface area contributed by atoms with Crippen molar-refractivity contribution < 1.29 is 29.0 Å². The number of nitrogens with zero attached hydrogens (tertiary/aromatic N) is 1. The molecule has 5 rings (SSSR count). The molecule has 3 aliphatic rings. The molecule has 0 saturated carbocycles. The molecule has 0 bridgehead atoms. The normalized spacial score (nSPS) is 19.0. The van der Waals surface area contributed by atoms with E-state index in [1.54, 1.807) is 4.90 Å². The Morgan fingerprint density at radius 1 is 1.00 bits per heavy atom. The molecule has 0 unspecified atom stereocenters. The third-order valence-corrected chi connectivity index (χ3v) is 7.34. The van der Waals surface area contributed by atoms with Gasteiger partial charge in [-0.1, -0.05) is 48.5 Å². The van der Waals surface area contributed by atoms with Crippen molar-refractivity contribution in [2.45, 2.75) is 18.8 Å². The molecule has 0 radical (unpaired) electrons. The molecule has 178 valence electrons. The number of likely N-dealkylation sites (tertiary alicyclic amines) is 1. The van der Waals surface area contributed by atoms with Crippen LogP contribution in [0.3, 0.4) is 0 Å². The van der Waals surface area contributed by atoms with Crippen molar-refractivity contribution in [1.82, 2.24) is 10.2 Å². The first-order valence-electron chi connectivity index (χ1n) is 11.7. The largest absolute Gasteiger partial charge is 0.481 e. The zero-order chi connectivity index (χ0) is 23.7. The van der Waals surface area contributed by atoms with Crippen molar-refractivity contribution in [3.05, 3.63) is 59.7 Å². The molecule has 2 amide bonds. The van der Waals surface area contributed by atoms with Gasteiger partial charge in [-0.3, -0.25) is 9.59 Å². The van der Waals surface area contributed by atoms with E-state index < -0.39 is 23.4 Å². The number of alkyl carbamates (subject to hydrolysis) is 1. The van der Waals surface area contributed by atoms with Crippen LogP contribution in [0.2, 0.25) is 0 Å². The molecule has 0 atom stereocenters. The molecule has 2 aromatic carbocycles. The third kappa shape index (κ3) is 4.03. The standard InChI is InChI=1S/C26H28N2O6/c29-23(30)17-13-28(14-17)24(31)26(9-11-33-12-10-26)16-27-25(32)34-15-22-20-7-3-1-5-18(20)19-6-2-4-8-21(19)22/h1-8,17,22H,9-16H2,(H,27,32)(H,29,30). The molecular formula is C26H28N2O6. The lowest BCUT2D eigenvalue weighted by Gasteiger charge is -2.45. The quantitative estimate of drug-likeness (QED) is 0.681. The Morgan fingerprint density at radius 2 is 1.59 bits per heavy atom. The Kier molecular flexibility index (Phi) is 6.00. The van der Waals surface area contributed by atoms with Crippen molar-refractivity contribution in [3.63, 3.8) is 0 Å². The Morgan fingerprint density at radius 3 is 2.18 bits per heavy atom. The van der Waals surface area contributed by atoms with Gasteiger partial charge < -0.3 is 24.8 Å². The number of rotatable bonds is 6. The van der Waals surface area contributed by atoms with Crippen LogP contribution in [0.15, 0.2) is 48.5 Å². The number of amides is 2. The maximum absolute atomic E-state index is 13.2. The fraction of sp³-hybridized carbons (Fsp3) is 0.423. The summed E-state index contributed by atoms with van der Waals surface area (Å²) in [6.07, 6.45) is 0.389. The molecule has 2 aromatic rings. The van der Waals surface area contributed by atoms with E-state index in [2.05, 4.69) is 29.6 Å². The highest BCUT2D eigenvalue weighted by Crippen LogP contribution is 2.44. The molecule has 8 nitrogen and oxygen atoms in total. The second-order valence-corrected chi connectivity index (χ2v) is 9.32. The molecule has 2 heterocycles. The number of aliphatic carboxylic acids is 1. The van der Waals surface area contributed by atoms with E-state index in [4.69, 9.17) is 14.6 Å². The first-order chi connectivity index (χ1) is 16.5. The maximum Gasteiger partial charge on any atom is 0.407 e. The summed E-state index contributed by atoms with van der Waals surface area (Å²) in [5.74, 6) is -1.56. The molecule has 2 saturated heterocycles. The molecular weight excluding hydrogens is 436 g/mol. The van der Waals surface area contributed by atoms with Gasteiger partial charge in [-0.15, -0.1) is 0 Å². The van der Waals surface area contributed by atoms with Crippen molar-refractivity contribution in [3.8, 4) is 11.1 Å². The van der Waals surface area contributed by atoms with E-state index in [9.17, 15) is 14.4 Å². The fourth-order valence-corrected chi connectivity index (χ4v) is 5.26. The van der Waals surface area contributed by atoms with Crippen molar-refractivity contribution >= 4 is 18.0 Å². The summed E-state index contributed by atoms with van der Waals surface area (Å²) in [5, 5.41) is 11.9. The molecule has 2 aliphatic heterocycles. The highest BCUT2D eigenvalue weighted by molar-refractivity contribution is 5.86. The Balaban J connectivity index is 1.21. The van der Waals surface area contributed by atoms with Gasteiger partial charge in [0.25, 0.3) is 0 Å². The predicted octanol–water partition coefficient (Wildman–Crippen LogP) is 2.86. The predicted molar refractivity (Wildman–Crippen MR) is 123 cm³/mol. The lowest BCUT2D eigenvalue weighted by atomic mass is 9.77. The fourth-order valence-electron chi connectivity index (χ4n) is 5.26. The second-order valence-electron chi connectivity index (χ2n) is 9.32. The third-order valence-electron chi connectivity index (χ3n) is 7.34. The van der Waals surface area contributed by atoms with Gasteiger partial charge in [0.2, 0.25) is 5.91 Å². The first-order valence-corrected chi connectivity index (χ1v) is 11.7. The van der Waals surface area contributed by atoms with E-state index in [1.807, 2.05) is 24.3 Å². The van der Waals surface area contributed by atoms with E-state index in [0.717, 1.165) is 22.3 Å². The van der Waals surface area contributed by atoms with Crippen LogP contribution in [-0.4, -0.2) is 67.4 Å². The SMILES string of the molecule is O=C(NCC1(C(=O)N2CC(C(=O)O)C2)CCOCC1)OCC1c2ccccc2-c2ccccc21. The Hall–Kier alpha value is -3.39. The summed E-state index contributed by atoms with van der Waals surface area (Å²) in [6.45, 7) is 1.61.